The first-order valence-corrected chi connectivity index (χ1v) is 7.78. The highest BCUT2D eigenvalue weighted by Crippen LogP contribution is 2.15. The van der Waals surface area contributed by atoms with Crippen LogP contribution in [0.1, 0.15) is 23.2 Å². The molecule has 1 aromatic rings. The van der Waals surface area contributed by atoms with E-state index in [0.29, 0.717) is 0 Å². The summed E-state index contributed by atoms with van der Waals surface area (Å²) in [5, 5.41) is 26.3. The molecule has 0 saturated carbocycles. The van der Waals surface area contributed by atoms with E-state index in [1.807, 2.05) is 0 Å². The number of aliphatic hydroxyl groups is 2. The molecule has 1 aromatic carbocycles. The third kappa shape index (κ3) is 5.25. The number of carbonyl (C=O) groups excluding carboxylic acids is 1. The van der Waals surface area contributed by atoms with Gasteiger partial charge in [-0.3, -0.25) is 9.59 Å². The Hall–Kier alpha value is -1.77. The minimum absolute atomic E-state index is 0.0789. The SMILES string of the molecule is O=C(O)CCC(=O)c1ccc(S(=O)(=O)CC(O)CO)cc1. The lowest BCUT2D eigenvalue weighted by Gasteiger charge is -2.09. The smallest absolute Gasteiger partial charge is 0.303 e. The van der Waals surface area contributed by atoms with Crippen LogP contribution in [0.25, 0.3) is 0 Å². The molecule has 0 spiro atoms. The summed E-state index contributed by atoms with van der Waals surface area (Å²) >= 11 is 0. The number of Topliss-reactive ketones (excluding diaryl/α,β-unsaturated/α-hetero) is 1. The summed E-state index contributed by atoms with van der Waals surface area (Å²) < 4.78 is 23.7. The van der Waals surface area contributed by atoms with Gasteiger partial charge < -0.3 is 15.3 Å². The Labute approximate surface area is 121 Å². The third-order valence-corrected chi connectivity index (χ3v) is 4.54. The van der Waals surface area contributed by atoms with Crippen molar-refractivity contribution >= 4 is 21.6 Å². The number of carboxylic acids is 1. The van der Waals surface area contributed by atoms with E-state index in [-0.39, 0.29) is 23.3 Å². The van der Waals surface area contributed by atoms with Crippen LogP contribution in [0.4, 0.5) is 0 Å². The molecule has 0 aliphatic carbocycles. The standard InChI is InChI=1S/C13H16O7S/c14-7-10(15)8-21(19,20)11-3-1-9(2-4-11)12(16)5-6-13(17)18/h1-4,10,14-15H,5-8H2,(H,17,18). The van der Waals surface area contributed by atoms with Gasteiger partial charge in [0.25, 0.3) is 0 Å². The Morgan fingerprint density at radius 3 is 2.14 bits per heavy atom. The van der Waals surface area contributed by atoms with Crippen molar-refractivity contribution in [2.45, 2.75) is 23.8 Å². The maximum atomic E-state index is 11.9. The first-order chi connectivity index (χ1) is 9.76. The number of carbonyl (C=O) groups is 2. The fourth-order valence-corrected chi connectivity index (χ4v) is 2.97. The van der Waals surface area contributed by atoms with Gasteiger partial charge in [-0.15, -0.1) is 0 Å². The lowest BCUT2D eigenvalue weighted by molar-refractivity contribution is -0.136. The van der Waals surface area contributed by atoms with Crippen LogP contribution in [0, 0.1) is 0 Å². The second-order valence-corrected chi connectivity index (χ2v) is 6.49. The zero-order valence-electron chi connectivity index (χ0n) is 11.1. The van der Waals surface area contributed by atoms with Crippen molar-refractivity contribution in [3.05, 3.63) is 29.8 Å². The topological polar surface area (TPSA) is 129 Å². The molecule has 0 bridgehead atoms. The molecule has 21 heavy (non-hydrogen) atoms. The number of hydrogen-bond donors (Lipinski definition) is 3. The third-order valence-electron chi connectivity index (χ3n) is 2.72. The molecule has 0 aliphatic heterocycles. The van der Waals surface area contributed by atoms with Crippen LogP contribution in [-0.2, 0) is 14.6 Å². The Morgan fingerprint density at radius 1 is 1.10 bits per heavy atom. The summed E-state index contributed by atoms with van der Waals surface area (Å²) in [6.07, 6.45) is -1.82. The molecule has 8 heteroatoms. The number of aliphatic carboxylic acids is 1. The van der Waals surface area contributed by atoms with E-state index in [2.05, 4.69) is 0 Å². The number of carboxylic acid groups (broad SMARTS) is 1. The second kappa shape index (κ2) is 7.30. The van der Waals surface area contributed by atoms with Crippen LogP contribution in [0.3, 0.4) is 0 Å². The van der Waals surface area contributed by atoms with Gasteiger partial charge in [-0.2, -0.15) is 0 Å². The lowest BCUT2D eigenvalue weighted by Crippen LogP contribution is -2.24. The number of rotatable bonds is 8. The molecular weight excluding hydrogens is 300 g/mol. The first kappa shape index (κ1) is 17.3. The predicted octanol–water partition coefficient (Wildman–Crippen LogP) is -0.139. The van der Waals surface area contributed by atoms with E-state index in [4.69, 9.17) is 10.2 Å². The molecule has 0 aromatic heterocycles. The average Bonchev–Trinajstić information content (AvgIpc) is 2.44. The quantitative estimate of drug-likeness (QED) is 0.569. The Morgan fingerprint density at radius 2 is 1.67 bits per heavy atom. The summed E-state index contributed by atoms with van der Waals surface area (Å²) in [5.41, 5.74) is 0.220. The largest absolute Gasteiger partial charge is 0.481 e. The van der Waals surface area contributed by atoms with E-state index in [9.17, 15) is 23.1 Å². The van der Waals surface area contributed by atoms with Gasteiger partial charge in [0, 0.05) is 12.0 Å². The van der Waals surface area contributed by atoms with Crippen molar-refractivity contribution in [3.63, 3.8) is 0 Å². The highest BCUT2D eigenvalue weighted by atomic mass is 32.2. The van der Waals surface area contributed by atoms with Crippen molar-refractivity contribution in [3.8, 4) is 0 Å². The van der Waals surface area contributed by atoms with E-state index in [1.165, 1.54) is 24.3 Å². The molecule has 1 rings (SSSR count). The van der Waals surface area contributed by atoms with Gasteiger partial charge in [0.15, 0.2) is 15.6 Å². The molecule has 7 nitrogen and oxygen atoms in total. The molecule has 0 saturated heterocycles. The van der Waals surface area contributed by atoms with Gasteiger partial charge in [0.1, 0.15) is 0 Å². The molecule has 0 heterocycles. The lowest BCUT2D eigenvalue weighted by atomic mass is 10.1. The number of sulfone groups is 1. The van der Waals surface area contributed by atoms with Crippen molar-refractivity contribution in [1.82, 2.24) is 0 Å². The van der Waals surface area contributed by atoms with Gasteiger partial charge >= 0.3 is 5.97 Å². The Balaban J connectivity index is 2.82. The molecular formula is C13H16O7S. The number of benzene rings is 1. The second-order valence-electron chi connectivity index (χ2n) is 4.46. The van der Waals surface area contributed by atoms with Crippen LogP contribution in [0.2, 0.25) is 0 Å². The van der Waals surface area contributed by atoms with E-state index >= 15 is 0 Å². The fraction of sp³-hybridized carbons (Fsp3) is 0.385. The zero-order chi connectivity index (χ0) is 16.0. The van der Waals surface area contributed by atoms with Crippen molar-refractivity contribution < 1.29 is 33.3 Å². The predicted molar refractivity (Wildman–Crippen MR) is 72.8 cm³/mol. The fourth-order valence-electron chi connectivity index (χ4n) is 1.62. The molecule has 1 unspecified atom stereocenters. The summed E-state index contributed by atoms with van der Waals surface area (Å²) in [6, 6.07) is 5.02. The van der Waals surface area contributed by atoms with E-state index in [1.54, 1.807) is 0 Å². The van der Waals surface area contributed by atoms with E-state index < -0.39 is 40.1 Å². The monoisotopic (exact) mass is 316 g/mol. The molecule has 3 N–H and O–H groups in total. The maximum absolute atomic E-state index is 11.9. The van der Waals surface area contributed by atoms with Crippen LogP contribution < -0.4 is 0 Å². The normalized spacial score (nSPS) is 12.9. The molecule has 0 radical (unpaired) electrons. The highest BCUT2D eigenvalue weighted by Gasteiger charge is 2.19. The summed E-state index contributed by atoms with van der Waals surface area (Å²) in [7, 11) is -3.76. The van der Waals surface area contributed by atoms with Crippen molar-refractivity contribution in [2.75, 3.05) is 12.4 Å². The number of aliphatic hydroxyl groups excluding tert-OH is 2. The molecule has 1 atom stereocenters. The maximum Gasteiger partial charge on any atom is 0.303 e. The average molecular weight is 316 g/mol. The Bertz CT molecular complexity index is 604. The molecule has 0 amide bonds. The Kier molecular flexibility index (Phi) is 6.01. The minimum atomic E-state index is -3.76. The molecule has 0 aliphatic rings. The summed E-state index contributed by atoms with van der Waals surface area (Å²) in [4.78, 5) is 21.9. The number of hydrogen-bond acceptors (Lipinski definition) is 6. The van der Waals surface area contributed by atoms with Gasteiger partial charge in [-0.25, -0.2) is 8.42 Å². The van der Waals surface area contributed by atoms with Gasteiger partial charge in [-0.1, -0.05) is 12.1 Å². The van der Waals surface area contributed by atoms with Crippen LogP contribution >= 0.6 is 0 Å². The van der Waals surface area contributed by atoms with Crippen molar-refractivity contribution in [1.29, 1.82) is 0 Å². The van der Waals surface area contributed by atoms with Gasteiger partial charge in [0.05, 0.1) is 29.8 Å². The molecule has 0 fully saturated rings. The van der Waals surface area contributed by atoms with Gasteiger partial charge in [0.2, 0.25) is 0 Å². The minimum Gasteiger partial charge on any atom is -0.481 e. The van der Waals surface area contributed by atoms with Crippen LogP contribution in [0.5, 0.6) is 0 Å². The van der Waals surface area contributed by atoms with Crippen LogP contribution in [-0.4, -0.2) is 54.0 Å². The van der Waals surface area contributed by atoms with Crippen molar-refractivity contribution in [2.24, 2.45) is 0 Å². The summed E-state index contributed by atoms with van der Waals surface area (Å²) in [5.74, 6) is -2.09. The van der Waals surface area contributed by atoms with Crippen LogP contribution in [0.15, 0.2) is 29.2 Å². The zero-order valence-corrected chi connectivity index (χ0v) is 11.9. The van der Waals surface area contributed by atoms with Gasteiger partial charge in [-0.05, 0) is 12.1 Å². The summed E-state index contributed by atoms with van der Waals surface area (Å²) in [6.45, 7) is -0.662. The molecule has 116 valence electrons. The highest BCUT2D eigenvalue weighted by molar-refractivity contribution is 7.91. The van der Waals surface area contributed by atoms with E-state index in [0.717, 1.165) is 0 Å². The first-order valence-electron chi connectivity index (χ1n) is 6.13. The number of ketones is 1.